The van der Waals surface area contributed by atoms with Crippen LogP contribution < -0.4 is 5.32 Å². The molecule has 2 aromatic rings. The summed E-state index contributed by atoms with van der Waals surface area (Å²) in [6, 6.07) is 15.9. The minimum absolute atomic E-state index is 0.0966. The first-order chi connectivity index (χ1) is 11.0. The van der Waals surface area contributed by atoms with Crippen LogP contribution in [0.2, 0.25) is 5.02 Å². The summed E-state index contributed by atoms with van der Waals surface area (Å²) in [7, 11) is 0. The van der Waals surface area contributed by atoms with E-state index in [4.69, 9.17) is 16.7 Å². The second-order valence-corrected chi connectivity index (χ2v) is 6.73. The quantitative estimate of drug-likeness (QED) is 0.682. The Morgan fingerprint density at radius 2 is 1.96 bits per heavy atom. The maximum atomic E-state index is 10.9. The molecule has 1 atom stereocenters. The molecular weight excluding hydrogens is 378 g/mol. The van der Waals surface area contributed by atoms with Gasteiger partial charge in [0, 0.05) is 28.5 Å². The van der Waals surface area contributed by atoms with Gasteiger partial charge in [-0.2, -0.15) is 0 Å². The van der Waals surface area contributed by atoms with E-state index in [-0.39, 0.29) is 12.5 Å². The van der Waals surface area contributed by atoms with Crippen molar-refractivity contribution in [2.75, 3.05) is 0 Å². The molecule has 0 saturated carbocycles. The molecule has 0 amide bonds. The van der Waals surface area contributed by atoms with Crippen LogP contribution >= 0.6 is 27.5 Å². The highest BCUT2D eigenvalue weighted by atomic mass is 79.9. The lowest BCUT2D eigenvalue weighted by Gasteiger charge is -2.19. The molecule has 1 unspecified atom stereocenters. The van der Waals surface area contributed by atoms with Crippen LogP contribution in [0.15, 0.2) is 53.0 Å². The van der Waals surface area contributed by atoms with Crippen LogP contribution in [0, 0.1) is 0 Å². The van der Waals surface area contributed by atoms with Gasteiger partial charge in [-0.1, -0.05) is 57.9 Å². The van der Waals surface area contributed by atoms with E-state index in [0.29, 0.717) is 18.0 Å². The minimum atomic E-state index is -0.770. The Labute approximate surface area is 149 Å². The minimum Gasteiger partial charge on any atom is -0.481 e. The Balaban J connectivity index is 2.01. The lowest BCUT2D eigenvalue weighted by molar-refractivity contribution is -0.137. The topological polar surface area (TPSA) is 49.3 Å². The van der Waals surface area contributed by atoms with Gasteiger partial charge >= 0.3 is 5.97 Å². The molecule has 0 aliphatic carbocycles. The number of aliphatic carboxylic acids is 1. The summed E-state index contributed by atoms with van der Waals surface area (Å²) >= 11 is 9.56. The number of halogens is 2. The Morgan fingerprint density at radius 1 is 1.22 bits per heavy atom. The summed E-state index contributed by atoms with van der Waals surface area (Å²) in [4.78, 5) is 10.9. The van der Waals surface area contributed by atoms with Crippen molar-refractivity contribution >= 4 is 33.5 Å². The molecule has 2 rings (SSSR count). The number of benzene rings is 2. The Hall–Kier alpha value is -1.36. The van der Waals surface area contributed by atoms with Crippen LogP contribution in [0.4, 0.5) is 0 Å². The van der Waals surface area contributed by atoms with Crippen molar-refractivity contribution in [2.24, 2.45) is 0 Å². The summed E-state index contributed by atoms with van der Waals surface area (Å²) in [5, 5.41) is 13.1. The summed E-state index contributed by atoms with van der Waals surface area (Å²) in [5.41, 5.74) is 2.26. The van der Waals surface area contributed by atoms with Crippen LogP contribution in [0.1, 0.15) is 24.0 Å². The number of hydrogen-bond donors (Lipinski definition) is 2. The van der Waals surface area contributed by atoms with E-state index in [0.717, 1.165) is 16.5 Å². The van der Waals surface area contributed by atoms with E-state index in [1.807, 2.05) is 36.4 Å². The average molecular weight is 397 g/mol. The zero-order valence-electron chi connectivity index (χ0n) is 12.6. The number of carboxylic acid groups (broad SMARTS) is 1. The van der Waals surface area contributed by atoms with E-state index >= 15 is 0 Å². The van der Waals surface area contributed by atoms with Gasteiger partial charge in [-0.3, -0.25) is 4.79 Å². The molecule has 2 N–H and O–H groups in total. The van der Waals surface area contributed by atoms with Gasteiger partial charge in [0.15, 0.2) is 0 Å². The Morgan fingerprint density at radius 3 is 2.65 bits per heavy atom. The average Bonchev–Trinajstić information content (AvgIpc) is 2.54. The number of rotatable bonds is 8. The summed E-state index contributed by atoms with van der Waals surface area (Å²) in [5.74, 6) is -0.770. The fraction of sp³-hybridized carbons (Fsp3) is 0.278. The Bertz CT molecular complexity index is 649. The molecule has 3 nitrogen and oxygen atoms in total. The fourth-order valence-electron chi connectivity index (χ4n) is 2.41. The molecule has 0 fully saturated rings. The van der Waals surface area contributed by atoms with Crippen molar-refractivity contribution < 1.29 is 9.90 Å². The lowest BCUT2D eigenvalue weighted by Crippen LogP contribution is -2.31. The van der Waals surface area contributed by atoms with Crippen molar-refractivity contribution in [3.63, 3.8) is 0 Å². The van der Waals surface area contributed by atoms with E-state index in [1.54, 1.807) is 0 Å². The standard InChI is InChI=1S/C18H19BrClNO2/c19-17-8-6-15(20)11-14(17)12-21-16(7-9-18(22)23)10-13-4-2-1-3-5-13/h1-6,8,11,16,21H,7,9-10,12H2,(H,22,23). The van der Waals surface area contributed by atoms with E-state index < -0.39 is 5.97 Å². The largest absolute Gasteiger partial charge is 0.481 e. The van der Waals surface area contributed by atoms with E-state index in [9.17, 15) is 4.79 Å². The van der Waals surface area contributed by atoms with Crippen molar-refractivity contribution in [1.29, 1.82) is 0 Å². The van der Waals surface area contributed by atoms with Crippen molar-refractivity contribution in [3.05, 3.63) is 69.2 Å². The predicted octanol–water partition coefficient (Wildman–Crippen LogP) is 4.67. The normalized spacial score (nSPS) is 12.1. The number of hydrogen-bond acceptors (Lipinski definition) is 2. The zero-order chi connectivity index (χ0) is 16.7. The first-order valence-electron chi connectivity index (χ1n) is 7.47. The van der Waals surface area contributed by atoms with Gasteiger partial charge in [0.25, 0.3) is 0 Å². The first-order valence-corrected chi connectivity index (χ1v) is 8.64. The molecule has 0 spiro atoms. The van der Waals surface area contributed by atoms with Crippen molar-refractivity contribution in [2.45, 2.75) is 31.8 Å². The molecule has 23 heavy (non-hydrogen) atoms. The molecule has 0 radical (unpaired) electrons. The van der Waals surface area contributed by atoms with Crippen LogP contribution in [0.25, 0.3) is 0 Å². The maximum Gasteiger partial charge on any atom is 0.303 e. The third-order valence-electron chi connectivity index (χ3n) is 3.62. The van der Waals surface area contributed by atoms with Gasteiger partial charge in [0.2, 0.25) is 0 Å². The monoisotopic (exact) mass is 395 g/mol. The first kappa shape index (κ1) is 18.0. The molecular formula is C18H19BrClNO2. The van der Waals surface area contributed by atoms with Gasteiger partial charge in [-0.05, 0) is 42.2 Å². The van der Waals surface area contributed by atoms with E-state index in [2.05, 4.69) is 33.4 Å². The van der Waals surface area contributed by atoms with E-state index in [1.165, 1.54) is 5.56 Å². The molecule has 0 aliphatic rings. The molecule has 0 saturated heterocycles. The Kier molecular flexibility index (Phi) is 7.09. The van der Waals surface area contributed by atoms with Crippen LogP contribution in [0.5, 0.6) is 0 Å². The van der Waals surface area contributed by atoms with Gasteiger partial charge in [0.05, 0.1) is 0 Å². The number of carbonyl (C=O) groups is 1. The highest BCUT2D eigenvalue weighted by molar-refractivity contribution is 9.10. The van der Waals surface area contributed by atoms with Crippen LogP contribution in [-0.4, -0.2) is 17.1 Å². The zero-order valence-corrected chi connectivity index (χ0v) is 15.0. The second kappa shape index (κ2) is 9.06. The highest BCUT2D eigenvalue weighted by Crippen LogP contribution is 2.21. The number of nitrogens with one attached hydrogen (secondary N) is 1. The summed E-state index contributed by atoms with van der Waals surface area (Å²) in [6.45, 7) is 0.637. The van der Waals surface area contributed by atoms with Gasteiger partial charge in [-0.25, -0.2) is 0 Å². The molecule has 5 heteroatoms. The van der Waals surface area contributed by atoms with Gasteiger partial charge in [0.1, 0.15) is 0 Å². The van der Waals surface area contributed by atoms with Crippen molar-refractivity contribution in [1.82, 2.24) is 5.32 Å². The third kappa shape index (κ3) is 6.34. The summed E-state index contributed by atoms with van der Waals surface area (Å²) in [6.07, 6.45) is 1.54. The highest BCUT2D eigenvalue weighted by Gasteiger charge is 2.12. The van der Waals surface area contributed by atoms with Crippen LogP contribution in [-0.2, 0) is 17.8 Å². The van der Waals surface area contributed by atoms with Gasteiger partial charge < -0.3 is 10.4 Å². The third-order valence-corrected chi connectivity index (χ3v) is 4.63. The molecule has 0 bridgehead atoms. The predicted molar refractivity (Wildman–Crippen MR) is 96.8 cm³/mol. The smallest absolute Gasteiger partial charge is 0.303 e. The lowest BCUT2D eigenvalue weighted by atomic mass is 10.0. The maximum absolute atomic E-state index is 10.9. The SMILES string of the molecule is O=C(O)CCC(Cc1ccccc1)NCc1cc(Cl)ccc1Br. The van der Waals surface area contributed by atoms with Crippen molar-refractivity contribution in [3.8, 4) is 0 Å². The molecule has 122 valence electrons. The molecule has 2 aromatic carbocycles. The number of carboxylic acids is 1. The molecule has 0 aromatic heterocycles. The van der Waals surface area contributed by atoms with Crippen LogP contribution in [0.3, 0.4) is 0 Å². The fourth-order valence-corrected chi connectivity index (χ4v) is 2.99. The molecule has 0 heterocycles. The second-order valence-electron chi connectivity index (χ2n) is 5.44. The summed E-state index contributed by atoms with van der Waals surface area (Å²) < 4.78 is 0.992. The van der Waals surface area contributed by atoms with Gasteiger partial charge in [-0.15, -0.1) is 0 Å². The molecule has 0 aliphatic heterocycles.